The highest BCUT2D eigenvalue weighted by atomic mass is 32.2. The molecule has 0 unspecified atom stereocenters. The molecule has 9 nitrogen and oxygen atoms in total. The van der Waals surface area contributed by atoms with Crippen LogP contribution >= 0.6 is 0 Å². The molecule has 1 aliphatic heterocycles. The van der Waals surface area contributed by atoms with E-state index in [1.807, 2.05) is 13.8 Å². The van der Waals surface area contributed by atoms with E-state index >= 15 is 0 Å². The van der Waals surface area contributed by atoms with Crippen molar-refractivity contribution in [1.82, 2.24) is 14.1 Å². The molecule has 186 valence electrons. The molecular weight excluding hydrogens is 477 g/mol. The molecule has 0 radical (unpaired) electrons. The van der Waals surface area contributed by atoms with E-state index in [0.717, 1.165) is 4.31 Å². The third-order valence-electron chi connectivity index (χ3n) is 5.86. The van der Waals surface area contributed by atoms with Crippen molar-refractivity contribution in [3.05, 3.63) is 54.0 Å². The van der Waals surface area contributed by atoms with Gasteiger partial charge in [-0.1, -0.05) is 0 Å². The van der Waals surface area contributed by atoms with Gasteiger partial charge >= 0.3 is 5.97 Å². The largest absolute Gasteiger partial charge is 0.491 e. The Morgan fingerprint density at radius 1 is 1.23 bits per heavy atom. The van der Waals surface area contributed by atoms with Crippen LogP contribution < -0.4 is 4.74 Å². The summed E-state index contributed by atoms with van der Waals surface area (Å²) in [7, 11) is -2.75. The monoisotopic (exact) mass is 503 g/mol. The van der Waals surface area contributed by atoms with E-state index in [0.29, 0.717) is 28.6 Å². The van der Waals surface area contributed by atoms with Gasteiger partial charge in [0.2, 0.25) is 10.0 Å². The van der Waals surface area contributed by atoms with Crippen molar-refractivity contribution in [2.45, 2.75) is 49.8 Å². The number of aldehydes is 1. The predicted molar refractivity (Wildman–Crippen MR) is 125 cm³/mol. The zero-order valence-corrected chi connectivity index (χ0v) is 20.4. The van der Waals surface area contributed by atoms with Gasteiger partial charge in [0.1, 0.15) is 17.9 Å². The molecule has 2 aromatic carbocycles. The summed E-state index contributed by atoms with van der Waals surface area (Å²) in [5.74, 6) is -0.470. The Labute approximate surface area is 202 Å². The Bertz CT molecular complexity index is 1350. The lowest BCUT2D eigenvalue weighted by atomic mass is 10.1. The van der Waals surface area contributed by atoms with Crippen molar-refractivity contribution in [2.24, 2.45) is 0 Å². The van der Waals surface area contributed by atoms with Gasteiger partial charge in [-0.05, 0) is 62.7 Å². The average molecular weight is 504 g/mol. The van der Waals surface area contributed by atoms with Crippen LogP contribution in [0.5, 0.6) is 5.75 Å². The number of sulfonamides is 1. The number of carbonyl (C=O) groups is 2. The number of esters is 1. The molecule has 0 aliphatic carbocycles. The summed E-state index contributed by atoms with van der Waals surface area (Å²) in [4.78, 5) is 23.8. The van der Waals surface area contributed by atoms with Crippen molar-refractivity contribution in [3.63, 3.8) is 0 Å². The van der Waals surface area contributed by atoms with E-state index in [9.17, 15) is 22.4 Å². The zero-order chi connectivity index (χ0) is 25.3. The lowest BCUT2D eigenvalue weighted by Crippen LogP contribution is -2.36. The second-order valence-electron chi connectivity index (χ2n) is 8.61. The third kappa shape index (κ3) is 4.92. The number of methoxy groups -OCH3 is 1. The van der Waals surface area contributed by atoms with Crippen molar-refractivity contribution >= 4 is 33.2 Å². The van der Waals surface area contributed by atoms with Crippen LogP contribution in [0.25, 0.3) is 10.9 Å². The molecule has 1 fully saturated rings. The van der Waals surface area contributed by atoms with Crippen molar-refractivity contribution < 1.29 is 31.9 Å². The van der Waals surface area contributed by atoms with E-state index in [4.69, 9.17) is 9.47 Å². The minimum absolute atomic E-state index is 0.0313. The van der Waals surface area contributed by atoms with Crippen LogP contribution in [0, 0.1) is 5.82 Å². The topological polar surface area (TPSA) is 108 Å². The SMILES string of the molecule is COC(=O)Cc1nn([C@@H]2C[C@H](C=O)N(S(=O)(=O)c3ccc(OC(C)C)cc3)C2)c2cc(F)ccc12. The molecule has 0 N–H and O–H groups in total. The van der Waals surface area contributed by atoms with Gasteiger partial charge in [0.05, 0.1) is 47.8 Å². The molecule has 11 heteroatoms. The predicted octanol–water partition coefficient (Wildman–Crippen LogP) is 2.88. The van der Waals surface area contributed by atoms with Crippen LogP contribution in [0.15, 0.2) is 47.4 Å². The van der Waals surface area contributed by atoms with Gasteiger partial charge in [0.15, 0.2) is 0 Å². The molecule has 0 spiro atoms. The fourth-order valence-corrected chi connectivity index (χ4v) is 5.89. The summed E-state index contributed by atoms with van der Waals surface area (Å²) in [5.41, 5.74) is 0.796. The number of nitrogens with zero attached hydrogens (tertiary/aromatic N) is 3. The van der Waals surface area contributed by atoms with Gasteiger partial charge in [-0.2, -0.15) is 9.40 Å². The summed E-state index contributed by atoms with van der Waals surface area (Å²) in [5, 5.41) is 5.05. The summed E-state index contributed by atoms with van der Waals surface area (Å²) < 4.78 is 53.8. The Kier molecular flexibility index (Phi) is 6.91. The molecule has 2 heterocycles. The van der Waals surface area contributed by atoms with E-state index < -0.39 is 33.9 Å². The molecule has 1 aliphatic rings. The fraction of sp³-hybridized carbons (Fsp3) is 0.375. The Morgan fingerprint density at radius 2 is 1.94 bits per heavy atom. The first-order chi connectivity index (χ1) is 16.6. The van der Waals surface area contributed by atoms with Crippen LogP contribution in [0.4, 0.5) is 4.39 Å². The Hall–Kier alpha value is -3.31. The minimum atomic E-state index is -4.01. The smallest absolute Gasteiger partial charge is 0.311 e. The van der Waals surface area contributed by atoms with Gasteiger partial charge < -0.3 is 14.3 Å². The van der Waals surface area contributed by atoms with Crippen LogP contribution in [-0.4, -0.2) is 60.6 Å². The van der Waals surface area contributed by atoms with Gasteiger partial charge in [-0.3, -0.25) is 9.48 Å². The highest BCUT2D eigenvalue weighted by molar-refractivity contribution is 7.89. The molecule has 3 aromatic rings. The normalized spacial score (nSPS) is 18.8. The second-order valence-corrected chi connectivity index (χ2v) is 10.5. The number of aromatic nitrogens is 2. The van der Waals surface area contributed by atoms with Gasteiger partial charge in [0.25, 0.3) is 0 Å². The van der Waals surface area contributed by atoms with Gasteiger partial charge in [0, 0.05) is 11.9 Å². The number of ether oxygens (including phenoxy) is 2. The minimum Gasteiger partial charge on any atom is -0.491 e. The number of carbonyl (C=O) groups excluding carboxylic acids is 2. The summed E-state index contributed by atoms with van der Waals surface area (Å²) in [6.07, 6.45) is 0.564. The average Bonchev–Trinajstić information content (AvgIpc) is 3.40. The summed E-state index contributed by atoms with van der Waals surface area (Å²) >= 11 is 0. The highest BCUT2D eigenvalue weighted by Gasteiger charge is 2.42. The molecule has 1 saturated heterocycles. The van der Waals surface area contributed by atoms with Crippen LogP contribution in [0.2, 0.25) is 0 Å². The molecule has 35 heavy (non-hydrogen) atoms. The summed E-state index contributed by atoms with van der Waals surface area (Å²) in [6, 6.07) is 8.62. The fourth-order valence-electron chi connectivity index (χ4n) is 4.28. The molecule has 1 aromatic heterocycles. The number of halogens is 1. The van der Waals surface area contributed by atoms with Crippen LogP contribution in [0.3, 0.4) is 0 Å². The zero-order valence-electron chi connectivity index (χ0n) is 19.5. The molecule has 0 bridgehead atoms. The van der Waals surface area contributed by atoms with Crippen molar-refractivity contribution in [3.8, 4) is 5.75 Å². The number of rotatable bonds is 8. The molecule has 2 atom stereocenters. The maximum absolute atomic E-state index is 14.1. The first-order valence-corrected chi connectivity index (χ1v) is 12.6. The summed E-state index contributed by atoms with van der Waals surface area (Å²) in [6.45, 7) is 3.69. The maximum Gasteiger partial charge on any atom is 0.311 e. The lowest BCUT2D eigenvalue weighted by molar-refractivity contribution is -0.139. The van der Waals surface area contributed by atoms with Crippen LogP contribution in [0.1, 0.15) is 32.0 Å². The first-order valence-electron chi connectivity index (χ1n) is 11.1. The maximum atomic E-state index is 14.1. The first kappa shape index (κ1) is 24.8. The Balaban J connectivity index is 1.67. The third-order valence-corrected chi connectivity index (χ3v) is 7.77. The van der Waals surface area contributed by atoms with E-state index in [2.05, 4.69) is 5.10 Å². The number of hydrogen-bond acceptors (Lipinski definition) is 7. The standard InChI is InChI=1S/C24H26FN3O6S/c1-15(2)34-19-5-7-20(8-6-19)35(31,32)27-13-17(11-18(27)14-29)28-23-10-16(25)4-9-21(23)22(26-28)12-24(30)33-3/h4-10,14-15,17-18H,11-13H2,1-3H3/t17-,18-/m1/s1. The van der Waals surface area contributed by atoms with Crippen LogP contribution in [-0.2, 0) is 30.8 Å². The molecular formula is C24H26FN3O6S. The quantitative estimate of drug-likeness (QED) is 0.344. The second kappa shape index (κ2) is 9.74. The molecule has 0 amide bonds. The van der Waals surface area contributed by atoms with E-state index in [-0.39, 0.29) is 30.4 Å². The highest BCUT2D eigenvalue weighted by Crippen LogP contribution is 2.35. The lowest BCUT2D eigenvalue weighted by Gasteiger charge is -2.20. The molecule has 0 saturated carbocycles. The van der Waals surface area contributed by atoms with Gasteiger partial charge in [-0.15, -0.1) is 0 Å². The number of hydrogen-bond donors (Lipinski definition) is 0. The van der Waals surface area contributed by atoms with Gasteiger partial charge in [-0.25, -0.2) is 12.8 Å². The van der Waals surface area contributed by atoms with E-state index in [1.54, 1.807) is 12.1 Å². The number of benzene rings is 2. The molecule has 4 rings (SSSR count). The van der Waals surface area contributed by atoms with E-state index in [1.165, 1.54) is 42.1 Å². The number of fused-ring (bicyclic) bond motifs is 1. The Morgan fingerprint density at radius 3 is 2.57 bits per heavy atom. The van der Waals surface area contributed by atoms with Crippen molar-refractivity contribution in [2.75, 3.05) is 13.7 Å². The van der Waals surface area contributed by atoms with Crippen molar-refractivity contribution in [1.29, 1.82) is 0 Å².